The highest BCUT2D eigenvalue weighted by Crippen LogP contribution is 2.43. The zero-order chi connectivity index (χ0) is 23.9. The van der Waals surface area contributed by atoms with Gasteiger partial charge in [-0.3, -0.25) is 4.90 Å². The first-order chi connectivity index (χ1) is 17.2. The lowest BCUT2D eigenvalue weighted by Crippen LogP contribution is -2.39. The maximum atomic E-state index is 13.6. The lowest BCUT2D eigenvalue weighted by Gasteiger charge is -2.23. The van der Waals surface area contributed by atoms with E-state index in [-0.39, 0.29) is 18.7 Å². The van der Waals surface area contributed by atoms with Crippen LogP contribution in [0.2, 0.25) is 0 Å². The fraction of sp³-hybridized carbons (Fsp3) is 0.172. The Bertz CT molecular complexity index is 1450. The number of hydrogen-bond acceptors (Lipinski definition) is 3. The molecule has 0 saturated carbocycles. The number of fused-ring (bicyclic) bond motifs is 6. The van der Waals surface area contributed by atoms with E-state index in [4.69, 9.17) is 4.74 Å². The van der Waals surface area contributed by atoms with Crippen LogP contribution in [0.4, 0.5) is 4.79 Å². The summed E-state index contributed by atoms with van der Waals surface area (Å²) in [5.41, 5.74) is 7.47. The van der Waals surface area contributed by atoms with E-state index < -0.39 is 5.97 Å². The van der Waals surface area contributed by atoms with Crippen molar-refractivity contribution >= 4 is 28.5 Å². The lowest BCUT2D eigenvalue weighted by atomic mass is 10.0. The average molecular weight is 464 g/mol. The Morgan fingerprint density at radius 1 is 0.971 bits per heavy atom. The molecule has 4 aromatic rings. The minimum Gasteiger partial charge on any atom is -0.462 e. The Morgan fingerprint density at radius 2 is 1.63 bits per heavy atom. The summed E-state index contributed by atoms with van der Waals surface area (Å²) < 4.78 is 5.36. The molecule has 174 valence electrons. The van der Waals surface area contributed by atoms with Crippen LogP contribution < -0.4 is 5.32 Å². The van der Waals surface area contributed by atoms with Crippen molar-refractivity contribution < 1.29 is 14.3 Å². The van der Waals surface area contributed by atoms with Gasteiger partial charge in [0.15, 0.2) is 0 Å². The van der Waals surface area contributed by atoms with Crippen molar-refractivity contribution in [3.05, 3.63) is 101 Å². The summed E-state index contributed by atoms with van der Waals surface area (Å²) in [5.74, 6) is -0.448. The molecule has 1 aromatic heterocycles. The summed E-state index contributed by atoms with van der Waals surface area (Å²) in [6.45, 7) is 2.48. The molecule has 2 heterocycles. The van der Waals surface area contributed by atoms with Crippen LogP contribution in [-0.4, -0.2) is 35.0 Å². The average Bonchev–Trinajstić information content (AvgIpc) is 3.33. The Hall–Kier alpha value is -4.32. The molecule has 2 amide bonds. The lowest BCUT2D eigenvalue weighted by molar-refractivity contribution is -0.136. The van der Waals surface area contributed by atoms with E-state index in [1.54, 1.807) is 18.0 Å². The molecule has 0 bridgehead atoms. The molecule has 0 radical (unpaired) electrons. The highest BCUT2D eigenvalue weighted by Gasteiger charge is 2.32. The zero-order valence-corrected chi connectivity index (χ0v) is 19.4. The highest BCUT2D eigenvalue weighted by atomic mass is 16.5. The van der Waals surface area contributed by atoms with E-state index in [0.717, 1.165) is 44.4 Å². The number of amides is 2. The van der Waals surface area contributed by atoms with Crippen molar-refractivity contribution in [2.24, 2.45) is 0 Å². The molecule has 6 rings (SSSR count). The number of nitrogens with one attached hydrogen (secondary N) is 2. The maximum Gasteiger partial charge on any atom is 0.341 e. The molecule has 0 unspecified atom stereocenters. The number of para-hydroxylation sites is 1. The molecular weight excluding hydrogens is 438 g/mol. The van der Waals surface area contributed by atoms with Crippen molar-refractivity contribution in [2.45, 2.75) is 19.4 Å². The number of carbonyl (C=O) groups is 2. The van der Waals surface area contributed by atoms with E-state index in [9.17, 15) is 9.59 Å². The third kappa shape index (κ3) is 3.49. The summed E-state index contributed by atoms with van der Waals surface area (Å²) in [5, 5.41) is 4.27. The van der Waals surface area contributed by atoms with Crippen LogP contribution in [0.15, 0.2) is 79.0 Å². The van der Waals surface area contributed by atoms with Gasteiger partial charge in [-0.15, -0.1) is 0 Å². The zero-order valence-electron chi connectivity index (χ0n) is 19.4. The second-order valence-corrected chi connectivity index (χ2v) is 8.79. The summed E-state index contributed by atoms with van der Waals surface area (Å²) >= 11 is 0. The van der Waals surface area contributed by atoms with Crippen LogP contribution in [0.3, 0.4) is 0 Å². The SMILES string of the molecule is CCOC(=O)C1=CN(C(=O)NC2c3ccccc3-c3ccccc32)CCc2c1[nH]c1ccccc21. The largest absolute Gasteiger partial charge is 0.462 e. The van der Waals surface area contributed by atoms with Crippen molar-refractivity contribution in [2.75, 3.05) is 13.2 Å². The van der Waals surface area contributed by atoms with Crippen LogP contribution in [0.1, 0.15) is 35.3 Å². The number of rotatable bonds is 3. The number of benzene rings is 3. The number of nitrogens with zero attached hydrogens (tertiary/aromatic N) is 1. The predicted octanol–water partition coefficient (Wildman–Crippen LogP) is 5.41. The molecule has 2 aliphatic rings. The fourth-order valence-electron chi connectivity index (χ4n) is 5.25. The first-order valence-corrected chi connectivity index (χ1v) is 11.9. The smallest absolute Gasteiger partial charge is 0.341 e. The first-order valence-electron chi connectivity index (χ1n) is 11.9. The Balaban J connectivity index is 1.36. The van der Waals surface area contributed by atoms with E-state index >= 15 is 0 Å². The Labute approximate surface area is 203 Å². The minimum atomic E-state index is -0.448. The van der Waals surface area contributed by atoms with Crippen LogP contribution in [-0.2, 0) is 16.0 Å². The second kappa shape index (κ2) is 8.47. The molecule has 2 N–H and O–H groups in total. The van der Waals surface area contributed by atoms with Crippen LogP contribution in [0.25, 0.3) is 27.6 Å². The second-order valence-electron chi connectivity index (χ2n) is 8.79. The molecule has 1 aliphatic heterocycles. The highest BCUT2D eigenvalue weighted by molar-refractivity contribution is 6.18. The van der Waals surface area contributed by atoms with Gasteiger partial charge in [0.2, 0.25) is 0 Å². The Morgan fingerprint density at radius 3 is 2.34 bits per heavy atom. The van der Waals surface area contributed by atoms with Crippen molar-refractivity contribution in [3.63, 3.8) is 0 Å². The molecule has 6 nitrogen and oxygen atoms in total. The monoisotopic (exact) mass is 463 g/mol. The van der Waals surface area contributed by atoms with Gasteiger partial charge in [0.05, 0.1) is 23.9 Å². The topological polar surface area (TPSA) is 74.4 Å². The summed E-state index contributed by atoms with van der Waals surface area (Å²) in [4.78, 5) is 31.5. The summed E-state index contributed by atoms with van der Waals surface area (Å²) in [6, 6.07) is 23.8. The number of hydrogen-bond donors (Lipinski definition) is 2. The number of aromatic amines is 1. The predicted molar refractivity (Wildman–Crippen MR) is 136 cm³/mol. The van der Waals surface area contributed by atoms with Gasteiger partial charge in [-0.25, -0.2) is 9.59 Å². The maximum absolute atomic E-state index is 13.6. The normalized spacial score (nSPS) is 14.5. The number of H-pyrrole nitrogens is 1. The van der Waals surface area contributed by atoms with Gasteiger partial charge in [-0.2, -0.15) is 0 Å². The fourth-order valence-corrected chi connectivity index (χ4v) is 5.25. The molecule has 0 atom stereocenters. The minimum absolute atomic E-state index is 0.252. The quantitative estimate of drug-likeness (QED) is 0.399. The molecule has 0 fully saturated rings. The summed E-state index contributed by atoms with van der Waals surface area (Å²) in [7, 11) is 0. The van der Waals surface area contributed by atoms with Crippen molar-refractivity contribution in [1.29, 1.82) is 0 Å². The van der Waals surface area contributed by atoms with E-state index in [2.05, 4.69) is 34.6 Å². The van der Waals surface area contributed by atoms with E-state index in [1.165, 1.54) is 0 Å². The molecule has 0 saturated heterocycles. The third-order valence-electron chi connectivity index (χ3n) is 6.83. The van der Waals surface area contributed by atoms with Crippen molar-refractivity contribution in [3.8, 4) is 11.1 Å². The number of aromatic nitrogens is 1. The van der Waals surface area contributed by atoms with E-state index in [1.807, 2.05) is 48.5 Å². The molecular formula is C29H25N3O3. The van der Waals surface area contributed by atoms with Gasteiger partial charge in [0.25, 0.3) is 0 Å². The van der Waals surface area contributed by atoms with Crippen LogP contribution in [0, 0.1) is 0 Å². The van der Waals surface area contributed by atoms with Crippen LogP contribution in [0.5, 0.6) is 0 Å². The first kappa shape index (κ1) is 21.2. The molecule has 0 spiro atoms. The van der Waals surface area contributed by atoms with Gasteiger partial charge in [0.1, 0.15) is 0 Å². The number of esters is 1. The third-order valence-corrected chi connectivity index (χ3v) is 6.83. The molecule has 6 heteroatoms. The standard InChI is InChI=1S/C29H25N3O3/c1-2-35-28(33)24-17-32(16-15-23-20-11-7-8-14-25(20)30-27(23)24)29(34)31-26-21-12-5-3-9-18(21)19-10-4-6-13-22(19)26/h3-14,17,26,30H,2,15-16H2,1H3,(H,31,34). The molecule has 35 heavy (non-hydrogen) atoms. The van der Waals surface area contributed by atoms with Gasteiger partial charge in [-0.1, -0.05) is 66.7 Å². The van der Waals surface area contributed by atoms with Gasteiger partial charge < -0.3 is 15.0 Å². The summed E-state index contributed by atoms with van der Waals surface area (Å²) in [6.07, 6.45) is 2.24. The van der Waals surface area contributed by atoms with Crippen LogP contribution >= 0.6 is 0 Å². The van der Waals surface area contributed by atoms with Gasteiger partial charge in [-0.05, 0) is 47.2 Å². The number of ether oxygens (including phenoxy) is 1. The Kier molecular flexibility index (Phi) is 5.14. The number of carbonyl (C=O) groups excluding carboxylic acids is 2. The number of urea groups is 1. The van der Waals surface area contributed by atoms with E-state index in [0.29, 0.717) is 18.5 Å². The van der Waals surface area contributed by atoms with Gasteiger partial charge >= 0.3 is 12.0 Å². The molecule has 3 aromatic carbocycles. The molecule has 1 aliphatic carbocycles. The van der Waals surface area contributed by atoms with Crippen molar-refractivity contribution in [1.82, 2.24) is 15.2 Å². The van der Waals surface area contributed by atoms with Gasteiger partial charge in [0, 0.05) is 23.6 Å².